The molecule has 1 atom stereocenters. The standard InChI is InChI=1S/C17H20ClN3O/c1-16(2,3)12-6-5-9-17(4,15(12)22)21-19-13-8-7-11(18)10-14(13)20-21/h5-8,10,22H,9H2,1-4H3. The molecule has 0 fully saturated rings. The van der Waals surface area contributed by atoms with E-state index in [9.17, 15) is 5.11 Å². The fourth-order valence-electron chi connectivity index (χ4n) is 2.76. The number of allylic oxidation sites excluding steroid dienone is 4. The van der Waals surface area contributed by atoms with Gasteiger partial charge in [-0.15, -0.1) is 0 Å². The minimum Gasteiger partial charge on any atom is -0.509 e. The van der Waals surface area contributed by atoms with Gasteiger partial charge in [0.1, 0.15) is 22.3 Å². The van der Waals surface area contributed by atoms with E-state index in [1.165, 1.54) is 0 Å². The molecule has 0 saturated heterocycles. The molecule has 116 valence electrons. The van der Waals surface area contributed by atoms with Crippen molar-refractivity contribution in [3.63, 3.8) is 0 Å². The van der Waals surface area contributed by atoms with E-state index in [1.807, 2.05) is 19.1 Å². The van der Waals surface area contributed by atoms with Gasteiger partial charge >= 0.3 is 0 Å². The Balaban J connectivity index is 2.16. The SMILES string of the molecule is CC(C)(C)C1=C(O)C(C)(n2nc3ccc(Cl)cc3n2)CC=C1. The highest BCUT2D eigenvalue weighted by Gasteiger charge is 2.39. The Morgan fingerprint density at radius 3 is 2.59 bits per heavy atom. The van der Waals surface area contributed by atoms with Crippen molar-refractivity contribution >= 4 is 22.6 Å². The van der Waals surface area contributed by atoms with E-state index < -0.39 is 5.54 Å². The van der Waals surface area contributed by atoms with Crippen LogP contribution in [-0.4, -0.2) is 20.1 Å². The molecule has 1 N–H and O–H groups in total. The minimum atomic E-state index is -0.678. The van der Waals surface area contributed by atoms with Crippen molar-refractivity contribution in [3.8, 4) is 0 Å². The molecule has 3 rings (SSSR count). The predicted molar refractivity (Wildman–Crippen MR) is 89.1 cm³/mol. The molecule has 0 amide bonds. The number of rotatable bonds is 1. The summed E-state index contributed by atoms with van der Waals surface area (Å²) in [6.07, 6.45) is 4.71. The maximum atomic E-state index is 10.9. The molecule has 1 aliphatic carbocycles. The summed E-state index contributed by atoms with van der Waals surface area (Å²) in [5.74, 6) is 0.328. The lowest BCUT2D eigenvalue weighted by molar-refractivity contribution is 0.190. The number of aromatic nitrogens is 3. The van der Waals surface area contributed by atoms with Gasteiger partial charge < -0.3 is 5.11 Å². The van der Waals surface area contributed by atoms with Crippen LogP contribution in [0.5, 0.6) is 0 Å². The minimum absolute atomic E-state index is 0.141. The van der Waals surface area contributed by atoms with Crippen LogP contribution < -0.4 is 0 Å². The Morgan fingerprint density at radius 2 is 1.91 bits per heavy atom. The lowest BCUT2D eigenvalue weighted by Gasteiger charge is -2.34. The fraction of sp³-hybridized carbons (Fsp3) is 0.412. The molecule has 0 spiro atoms. The van der Waals surface area contributed by atoms with Crippen molar-refractivity contribution in [1.82, 2.24) is 15.0 Å². The summed E-state index contributed by atoms with van der Waals surface area (Å²) in [7, 11) is 0. The Morgan fingerprint density at radius 1 is 1.23 bits per heavy atom. The van der Waals surface area contributed by atoms with Gasteiger partial charge in [0.25, 0.3) is 0 Å². The summed E-state index contributed by atoms with van der Waals surface area (Å²) < 4.78 is 0. The number of halogens is 1. The Labute approximate surface area is 135 Å². The number of benzene rings is 1. The molecule has 0 radical (unpaired) electrons. The third-order valence-corrected chi connectivity index (χ3v) is 4.39. The fourth-order valence-corrected chi connectivity index (χ4v) is 2.93. The number of fused-ring (bicyclic) bond motifs is 1. The zero-order valence-electron chi connectivity index (χ0n) is 13.3. The van der Waals surface area contributed by atoms with Gasteiger partial charge in [-0.2, -0.15) is 15.0 Å². The molecular weight excluding hydrogens is 298 g/mol. The van der Waals surface area contributed by atoms with E-state index in [0.29, 0.717) is 17.2 Å². The van der Waals surface area contributed by atoms with Crippen LogP contribution in [0.3, 0.4) is 0 Å². The van der Waals surface area contributed by atoms with Gasteiger partial charge in [-0.3, -0.25) is 0 Å². The van der Waals surface area contributed by atoms with Gasteiger partial charge in [0.2, 0.25) is 0 Å². The molecule has 1 aliphatic rings. The highest BCUT2D eigenvalue weighted by atomic mass is 35.5. The molecule has 1 unspecified atom stereocenters. The second kappa shape index (κ2) is 4.85. The molecule has 1 aromatic carbocycles. The summed E-state index contributed by atoms with van der Waals surface area (Å²) in [6.45, 7) is 8.21. The summed E-state index contributed by atoms with van der Waals surface area (Å²) in [5.41, 5.74) is 1.60. The van der Waals surface area contributed by atoms with Crippen molar-refractivity contribution in [1.29, 1.82) is 0 Å². The quantitative estimate of drug-likeness (QED) is 0.835. The van der Waals surface area contributed by atoms with Crippen LogP contribution in [0.4, 0.5) is 0 Å². The third kappa shape index (κ3) is 2.31. The van der Waals surface area contributed by atoms with Crippen LogP contribution in [0.2, 0.25) is 5.02 Å². The largest absolute Gasteiger partial charge is 0.509 e. The first-order chi connectivity index (χ1) is 10.2. The normalized spacial score (nSPS) is 22.6. The lowest BCUT2D eigenvalue weighted by Crippen LogP contribution is -2.37. The average molecular weight is 318 g/mol. The van der Waals surface area contributed by atoms with Gasteiger partial charge in [0.15, 0.2) is 0 Å². The Hall–Kier alpha value is -1.81. The second-order valence-corrected chi connectivity index (χ2v) is 7.45. The zero-order valence-corrected chi connectivity index (χ0v) is 14.0. The van der Waals surface area contributed by atoms with Crippen molar-refractivity contribution < 1.29 is 5.11 Å². The van der Waals surface area contributed by atoms with Gasteiger partial charge in [-0.05, 0) is 42.5 Å². The number of hydrogen-bond acceptors (Lipinski definition) is 3. The Bertz CT molecular complexity index is 798. The van der Waals surface area contributed by atoms with E-state index in [1.54, 1.807) is 16.9 Å². The topological polar surface area (TPSA) is 50.9 Å². The molecule has 0 saturated carbocycles. The molecule has 22 heavy (non-hydrogen) atoms. The van der Waals surface area contributed by atoms with Crippen LogP contribution in [0.1, 0.15) is 34.1 Å². The van der Waals surface area contributed by atoms with Crippen molar-refractivity contribution in [2.75, 3.05) is 0 Å². The summed E-state index contributed by atoms with van der Waals surface area (Å²) in [4.78, 5) is 1.61. The van der Waals surface area contributed by atoms with Crippen molar-refractivity contribution in [2.45, 2.75) is 39.7 Å². The molecule has 5 heteroatoms. The first-order valence-corrected chi connectivity index (χ1v) is 7.73. The van der Waals surface area contributed by atoms with Crippen LogP contribution in [0.15, 0.2) is 41.7 Å². The number of aliphatic hydroxyl groups excluding tert-OH is 1. The van der Waals surface area contributed by atoms with Gasteiger partial charge in [-0.1, -0.05) is 44.5 Å². The molecule has 0 bridgehead atoms. The first kappa shape index (κ1) is 15.1. The van der Waals surface area contributed by atoms with Crippen LogP contribution in [-0.2, 0) is 5.54 Å². The summed E-state index contributed by atoms with van der Waals surface area (Å²) >= 11 is 6.01. The highest BCUT2D eigenvalue weighted by molar-refractivity contribution is 6.31. The van der Waals surface area contributed by atoms with Crippen molar-refractivity contribution in [3.05, 3.63) is 46.7 Å². The zero-order chi connectivity index (χ0) is 16.1. The molecule has 2 aromatic rings. The van der Waals surface area contributed by atoms with E-state index in [-0.39, 0.29) is 5.41 Å². The van der Waals surface area contributed by atoms with Crippen LogP contribution in [0, 0.1) is 5.41 Å². The number of aliphatic hydroxyl groups is 1. The molecule has 4 nitrogen and oxygen atoms in total. The Kier molecular flexibility index (Phi) is 3.33. The highest BCUT2D eigenvalue weighted by Crippen LogP contribution is 2.40. The first-order valence-electron chi connectivity index (χ1n) is 7.36. The van der Waals surface area contributed by atoms with Gasteiger partial charge in [-0.25, -0.2) is 0 Å². The maximum absolute atomic E-state index is 10.9. The lowest BCUT2D eigenvalue weighted by atomic mass is 9.77. The summed E-state index contributed by atoms with van der Waals surface area (Å²) in [5, 5.41) is 20.6. The van der Waals surface area contributed by atoms with Gasteiger partial charge in [0, 0.05) is 5.02 Å². The van der Waals surface area contributed by atoms with Crippen molar-refractivity contribution in [2.24, 2.45) is 5.41 Å². The third-order valence-electron chi connectivity index (χ3n) is 4.16. The number of hydrogen-bond donors (Lipinski definition) is 1. The van der Waals surface area contributed by atoms with E-state index in [4.69, 9.17) is 11.6 Å². The second-order valence-electron chi connectivity index (χ2n) is 7.02. The number of nitrogens with zero attached hydrogens (tertiary/aromatic N) is 3. The molecular formula is C17H20ClN3O. The van der Waals surface area contributed by atoms with E-state index >= 15 is 0 Å². The summed E-state index contributed by atoms with van der Waals surface area (Å²) in [6, 6.07) is 5.42. The van der Waals surface area contributed by atoms with E-state index in [2.05, 4.69) is 37.0 Å². The monoisotopic (exact) mass is 317 g/mol. The maximum Gasteiger partial charge on any atom is 0.140 e. The molecule has 1 aromatic heterocycles. The van der Waals surface area contributed by atoms with Crippen LogP contribution >= 0.6 is 11.6 Å². The predicted octanol–water partition coefficient (Wildman–Crippen LogP) is 4.62. The van der Waals surface area contributed by atoms with E-state index in [0.717, 1.165) is 16.6 Å². The average Bonchev–Trinajstić information content (AvgIpc) is 2.84. The molecule has 1 heterocycles. The smallest absolute Gasteiger partial charge is 0.140 e. The van der Waals surface area contributed by atoms with Gasteiger partial charge in [0.05, 0.1) is 0 Å². The molecule has 0 aliphatic heterocycles. The van der Waals surface area contributed by atoms with Crippen LogP contribution in [0.25, 0.3) is 11.0 Å².